The van der Waals surface area contributed by atoms with Crippen molar-refractivity contribution in [3.8, 4) is 0 Å². The molecule has 0 aliphatic carbocycles. The number of nitrogens with zero attached hydrogens (tertiary/aromatic N) is 2. The SMILES string of the molecule is Cc1oc(C(=O)Nc2ccccc2C(=O)N2CC(C)CC(C)C2)cc1S(=O)(=O)N1CCCC1. The number of nitrogens with one attached hydrogen (secondary N) is 1. The zero-order chi connectivity index (χ0) is 23.8. The van der Waals surface area contributed by atoms with E-state index in [0.29, 0.717) is 49.3 Å². The number of carbonyl (C=O) groups excluding carboxylic acids is 2. The number of rotatable bonds is 5. The fourth-order valence-electron chi connectivity index (χ4n) is 4.86. The summed E-state index contributed by atoms with van der Waals surface area (Å²) in [5.41, 5.74) is 0.775. The summed E-state index contributed by atoms with van der Waals surface area (Å²) in [4.78, 5) is 28.0. The summed E-state index contributed by atoms with van der Waals surface area (Å²) < 4.78 is 32.8. The molecule has 0 spiro atoms. The van der Waals surface area contributed by atoms with E-state index in [2.05, 4.69) is 19.2 Å². The molecule has 1 N–H and O–H groups in total. The molecule has 2 unspecified atom stereocenters. The summed E-state index contributed by atoms with van der Waals surface area (Å²) in [7, 11) is -3.70. The van der Waals surface area contributed by atoms with Crippen molar-refractivity contribution in [3.05, 3.63) is 47.4 Å². The number of carbonyl (C=O) groups is 2. The second-order valence-corrected chi connectivity index (χ2v) is 11.2. The van der Waals surface area contributed by atoms with Crippen LogP contribution in [0.2, 0.25) is 0 Å². The van der Waals surface area contributed by atoms with Gasteiger partial charge in [-0.25, -0.2) is 8.42 Å². The highest BCUT2D eigenvalue weighted by atomic mass is 32.2. The molecule has 2 aromatic rings. The summed E-state index contributed by atoms with van der Waals surface area (Å²) in [5.74, 6) is 0.183. The number of likely N-dealkylation sites (tertiary alicyclic amines) is 1. The molecule has 2 aliphatic rings. The van der Waals surface area contributed by atoms with Gasteiger partial charge >= 0.3 is 0 Å². The standard InChI is InChI=1S/C24H31N3O5S/c1-16-12-17(2)15-26(14-16)24(29)19-8-4-5-9-20(19)25-23(28)21-13-22(18(3)32-21)33(30,31)27-10-6-7-11-27/h4-5,8-9,13,16-17H,6-7,10-12,14-15H2,1-3H3,(H,25,28). The van der Waals surface area contributed by atoms with Gasteiger partial charge in [0.15, 0.2) is 5.76 Å². The number of anilines is 1. The van der Waals surface area contributed by atoms with E-state index >= 15 is 0 Å². The quantitative estimate of drug-likeness (QED) is 0.713. The lowest BCUT2D eigenvalue weighted by atomic mass is 9.91. The number of amides is 2. The first-order valence-electron chi connectivity index (χ1n) is 11.5. The van der Waals surface area contributed by atoms with Crippen LogP contribution >= 0.6 is 0 Å². The molecule has 2 fully saturated rings. The Morgan fingerprint density at radius 1 is 1.06 bits per heavy atom. The zero-order valence-corrected chi connectivity index (χ0v) is 20.2. The molecule has 4 rings (SSSR count). The molecule has 0 saturated carbocycles. The fourth-order valence-corrected chi connectivity index (χ4v) is 6.54. The molecule has 2 saturated heterocycles. The van der Waals surface area contributed by atoms with Crippen LogP contribution in [0.25, 0.3) is 0 Å². The van der Waals surface area contributed by atoms with Crippen LogP contribution in [-0.2, 0) is 10.0 Å². The zero-order valence-electron chi connectivity index (χ0n) is 19.3. The van der Waals surface area contributed by atoms with Crippen molar-refractivity contribution in [1.82, 2.24) is 9.21 Å². The van der Waals surface area contributed by atoms with Gasteiger partial charge in [0.2, 0.25) is 10.0 Å². The molecule has 0 radical (unpaired) electrons. The predicted octanol–water partition coefficient (Wildman–Crippen LogP) is 3.74. The Kier molecular flexibility index (Phi) is 6.63. The lowest BCUT2D eigenvalue weighted by Crippen LogP contribution is -2.42. The summed E-state index contributed by atoms with van der Waals surface area (Å²) in [6.07, 6.45) is 2.73. The van der Waals surface area contributed by atoms with Crippen LogP contribution in [0.3, 0.4) is 0 Å². The number of aryl methyl sites for hydroxylation is 1. The van der Waals surface area contributed by atoms with Gasteiger partial charge in [0.25, 0.3) is 11.8 Å². The number of piperidine rings is 1. The molecule has 0 bridgehead atoms. The Balaban J connectivity index is 1.55. The molecule has 1 aromatic carbocycles. The van der Waals surface area contributed by atoms with Gasteiger partial charge in [-0.2, -0.15) is 4.31 Å². The van der Waals surface area contributed by atoms with Crippen LogP contribution in [0.4, 0.5) is 5.69 Å². The molecule has 1 aromatic heterocycles. The molecule has 2 amide bonds. The monoisotopic (exact) mass is 473 g/mol. The normalized spacial score (nSPS) is 21.8. The van der Waals surface area contributed by atoms with Gasteiger partial charge in [0.1, 0.15) is 10.7 Å². The Bertz CT molecular complexity index is 1140. The summed E-state index contributed by atoms with van der Waals surface area (Å²) in [5, 5.41) is 2.74. The fraction of sp³-hybridized carbons (Fsp3) is 0.500. The van der Waals surface area contributed by atoms with E-state index in [1.807, 2.05) is 4.90 Å². The minimum absolute atomic E-state index is 0.00945. The van der Waals surface area contributed by atoms with Crippen LogP contribution in [0.15, 0.2) is 39.6 Å². The summed E-state index contributed by atoms with van der Waals surface area (Å²) in [6.45, 7) is 8.11. The molecule has 2 atom stereocenters. The van der Waals surface area contributed by atoms with Crippen LogP contribution in [0, 0.1) is 18.8 Å². The van der Waals surface area contributed by atoms with Gasteiger partial charge in [-0.15, -0.1) is 0 Å². The average molecular weight is 474 g/mol. The number of hydrogen-bond donors (Lipinski definition) is 1. The minimum atomic E-state index is -3.70. The highest BCUT2D eigenvalue weighted by molar-refractivity contribution is 7.89. The van der Waals surface area contributed by atoms with Gasteiger partial charge in [-0.1, -0.05) is 26.0 Å². The highest BCUT2D eigenvalue weighted by Gasteiger charge is 2.32. The lowest BCUT2D eigenvalue weighted by molar-refractivity contribution is 0.0624. The second-order valence-electron chi connectivity index (χ2n) is 9.30. The van der Waals surface area contributed by atoms with Crippen molar-refractivity contribution in [2.45, 2.75) is 44.9 Å². The number of benzene rings is 1. The van der Waals surface area contributed by atoms with E-state index in [0.717, 1.165) is 19.3 Å². The maximum absolute atomic E-state index is 13.2. The second kappa shape index (κ2) is 9.30. The van der Waals surface area contributed by atoms with E-state index < -0.39 is 15.9 Å². The van der Waals surface area contributed by atoms with Crippen LogP contribution < -0.4 is 5.32 Å². The smallest absolute Gasteiger partial charge is 0.291 e. The Morgan fingerprint density at radius 3 is 2.36 bits per heavy atom. The third-order valence-corrected chi connectivity index (χ3v) is 8.35. The maximum atomic E-state index is 13.2. The summed E-state index contributed by atoms with van der Waals surface area (Å²) in [6, 6.07) is 8.14. The molecular formula is C24H31N3O5S. The van der Waals surface area contributed by atoms with Gasteiger partial charge < -0.3 is 14.6 Å². The van der Waals surface area contributed by atoms with Crippen molar-refractivity contribution in [1.29, 1.82) is 0 Å². The van der Waals surface area contributed by atoms with E-state index in [1.165, 1.54) is 17.3 Å². The van der Waals surface area contributed by atoms with Crippen LogP contribution in [0.1, 0.15) is 59.8 Å². The first kappa shape index (κ1) is 23.5. The molecule has 9 heteroatoms. The van der Waals surface area contributed by atoms with Crippen molar-refractivity contribution in [2.75, 3.05) is 31.5 Å². The third kappa shape index (κ3) is 4.84. The van der Waals surface area contributed by atoms with Crippen molar-refractivity contribution < 1.29 is 22.4 Å². The first-order chi connectivity index (χ1) is 15.7. The van der Waals surface area contributed by atoms with Gasteiger partial charge in [-0.3, -0.25) is 9.59 Å². The van der Waals surface area contributed by atoms with Gasteiger partial charge in [0, 0.05) is 32.2 Å². The van der Waals surface area contributed by atoms with Gasteiger partial charge in [-0.05, 0) is 50.2 Å². The third-order valence-electron chi connectivity index (χ3n) is 6.34. The average Bonchev–Trinajstić information content (AvgIpc) is 3.44. The molecule has 3 heterocycles. The van der Waals surface area contributed by atoms with E-state index in [-0.39, 0.29) is 22.3 Å². The van der Waals surface area contributed by atoms with Crippen molar-refractivity contribution in [3.63, 3.8) is 0 Å². The Morgan fingerprint density at radius 2 is 1.70 bits per heavy atom. The van der Waals surface area contributed by atoms with E-state index in [9.17, 15) is 18.0 Å². The number of para-hydroxylation sites is 1. The Labute approximate surface area is 195 Å². The molecule has 33 heavy (non-hydrogen) atoms. The lowest BCUT2D eigenvalue weighted by Gasteiger charge is -2.35. The topological polar surface area (TPSA) is 99.9 Å². The van der Waals surface area contributed by atoms with E-state index in [1.54, 1.807) is 24.3 Å². The van der Waals surface area contributed by atoms with Crippen molar-refractivity contribution >= 4 is 27.5 Å². The molecule has 8 nitrogen and oxygen atoms in total. The minimum Gasteiger partial charge on any atom is -0.455 e. The van der Waals surface area contributed by atoms with Crippen LogP contribution in [0.5, 0.6) is 0 Å². The largest absolute Gasteiger partial charge is 0.455 e. The first-order valence-corrected chi connectivity index (χ1v) is 12.9. The van der Waals surface area contributed by atoms with Crippen molar-refractivity contribution in [2.24, 2.45) is 11.8 Å². The van der Waals surface area contributed by atoms with Gasteiger partial charge in [0.05, 0.1) is 11.3 Å². The number of furan rings is 1. The predicted molar refractivity (Wildman–Crippen MR) is 125 cm³/mol. The molecular weight excluding hydrogens is 442 g/mol. The maximum Gasteiger partial charge on any atom is 0.291 e. The number of hydrogen-bond acceptors (Lipinski definition) is 5. The molecule has 2 aliphatic heterocycles. The number of sulfonamides is 1. The van der Waals surface area contributed by atoms with E-state index in [4.69, 9.17) is 4.42 Å². The Hall–Kier alpha value is -2.65. The molecule has 178 valence electrons. The van der Waals surface area contributed by atoms with Crippen LogP contribution in [-0.4, -0.2) is 55.6 Å². The summed E-state index contributed by atoms with van der Waals surface area (Å²) >= 11 is 0. The highest BCUT2D eigenvalue weighted by Crippen LogP contribution is 2.28.